The van der Waals surface area contributed by atoms with Crippen LogP contribution in [0.5, 0.6) is 5.75 Å². The molecule has 0 spiro atoms. The van der Waals surface area contributed by atoms with Crippen LogP contribution in [0.1, 0.15) is 34.9 Å². The van der Waals surface area contributed by atoms with Crippen molar-refractivity contribution in [2.75, 3.05) is 11.9 Å². The maximum atomic E-state index is 12.9. The van der Waals surface area contributed by atoms with E-state index in [1.807, 2.05) is 41.3 Å². The summed E-state index contributed by atoms with van der Waals surface area (Å²) in [5, 5.41) is 3.47. The molecular formula is C19H19N3O3. The number of carbonyl (C=O) groups is 2. The van der Waals surface area contributed by atoms with Crippen LogP contribution in [0.15, 0.2) is 48.5 Å². The van der Waals surface area contributed by atoms with Crippen molar-refractivity contribution in [1.82, 2.24) is 4.90 Å². The van der Waals surface area contributed by atoms with Crippen LogP contribution in [0, 0.1) is 0 Å². The molecule has 1 aliphatic carbocycles. The highest BCUT2D eigenvalue weighted by Crippen LogP contribution is 2.40. The highest BCUT2D eigenvalue weighted by molar-refractivity contribution is 6.02. The Labute approximate surface area is 145 Å². The number of rotatable bonds is 5. The molecule has 0 aromatic heterocycles. The summed E-state index contributed by atoms with van der Waals surface area (Å²) in [5.41, 5.74) is 7.63. The van der Waals surface area contributed by atoms with Gasteiger partial charge in [0.2, 0.25) is 0 Å². The van der Waals surface area contributed by atoms with Gasteiger partial charge in [-0.05, 0) is 42.7 Å². The highest BCUT2D eigenvalue weighted by Gasteiger charge is 2.41. The van der Waals surface area contributed by atoms with E-state index >= 15 is 0 Å². The van der Waals surface area contributed by atoms with E-state index in [9.17, 15) is 9.59 Å². The van der Waals surface area contributed by atoms with Gasteiger partial charge in [-0.1, -0.05) is 24.3 Å². The third-order valence-electron chi connectivity index (χ3n) is 4.48. The second kappa shape index (κ2) is 6.12. The number of hydrogen-bond acceptors (Lipinski definition) is 4. The molecule has 0 bridgehead atoms. The first-order valence-electron chi connectivity index (χ1n) is 8.33. The summed E-state index contributed by atoms with van der Waals surface area (Å²) >= 11 is 0. The average Bonchev–Trinajstić information content (AvgIpc) is 3.45. The number of amides is 2. The molecule has 2 aliphatic rings. The number of primary amides is 1. The molecule has 4 rings (SSSR count). The number of carbonyl (C=O) groups excluding carboxylic acids is 2. The molecule has 2 aromatic carbocycles. The SMILES string of the molecule is NC(=O)COc1ccc([C@@H]2Nc3ccccc3C(=O)N2C2CC2)cc1. The van der Waals surface area contributed by atoms with Crippen LogP contribution < -0.4 is 15.8 Å². The molecule has 2 amide bonds. The molecule has 2 aromatic rings. The number of anilines is 1. The molecule has 6 nitrogen and oxygen atoms in total. The Bertz CT molecular complexity index is 815. The van der Waals surface area contributed by atoms with Gasteiger partial charge in [0.1, 0.15) is 11.9 Å². The lowest BCUT2D eigenvalue weighted by molar-refractivity contribution is -0.119. The lowest BCUT2D eigenvalue weighted by Crippen LogP contribution is -2.44. The summed E-state index contributed by atoms with van der Waals surface area (Å²) in [7, 11) is 0. The van der Waals surface area contributed by atoms with Gasteiger partial charge in [-0.2, -0.15) is 0 Å². The average molecular weight is 337 g/mol. The maximum Gasteiger partial charge on any atom is 0.258 e. The fourth-order valence-corrected chi connectivity index (χ4v) is 3.14. The summed E-state index contributed by atoms with van der Waals surface area (Å²) < 4.78 is 5.30. The second-order valence-corrected chi connectivity index (χ2v) is 6.36. The molecule has 0 saturated heterocycles. The van der Waals surface area contributed by atoms with Crippen LogP contribution in [0.3, 0.4) is 0 Å². The van der Waals surface area contributed by atoms with Gasteiger partial charge in [-0.25, -0.2) is 0 Å². The Morgan fingerprint density at radius 1 is 1.16 bits per heavy atom. The molecule has 1 heterocycles. The minimum Gasteiger partial charge on any atom is -0.484 e. The van der Waals surface area contributed by atoms with Crippen molar-refractivity contribution in [1.29, 1.82) is 0 Å². The lowest BCUT2D eigenvalue weighted by Gasteiger charge is -2.38. The van der Waals surface area contributed by atoms with E-state index in [0.29, 0.717) is 11.3 Å². The monoisotopic (exact) mass is 337 g/mol. The zero-order chi connectivity index (χ0) is 17.4. The molecule has 128 valence electrons. The minimum absolute atomic E-state index is 0.0657. The quantitative estimate of drug-likeness (QED) is 0.876. The van der Waals surface area contributed by atoms with Crippen molar-refractivity contribution < 1.29 is 14.3 Å². The summed E-state index contributed by atoms with van der Waals surface area (Å²) in [4.78, 5) is 25.7. The molecular weight excluding hydrogens is 318 g/mol. The smallest absolute Gasteiger partial charge is 0.258 e. The third-order valence-corrected chi connectivity index (χ3v) is 4.48. The van der Waals surface area contributed by atoms with Crippen molar-refractivity contribution in [2.24, 2.45) is 5.73 Å². The van der Waals surface area contributed by atoms with Crippen molar-refractivity contribution in [3.05, 3.63) is 59.7 Å². The van der Waals surface area contributed by atoms with Gasteiger partial charge in [-0.15, -0.1) is 0 Å². The van der Waals surface area contributed by atoms with Crippen molar-refractivity contribution >= 4 is 17.5 Å². The van der Waals surface area contributed by atoms with Crippen molar-refractivity contribution in [2.45, 2.75) is 25.0 Å². The molecule has 1 atom stereocenters. The minimum atomic E-state index is -0.514. The fraction of sp³-hybridized carbons (Fsp3) is 0.263. The van der Waals surface area contributed by atoms with E-state index < -0.39 is 5.91 Å². The Morgan fingerprint density at radius 2 is 1.88 bits per heavy atom. The number of nitrogens with one attached hydrogen (secondary N) is 1. The second-order valence-electron chi connectivity index (χ2n) is 6.36. The number of benzene rings is 2. The van der Waals surface area contributed by atoms with E-state index in [0.717, 1.165) is 24.1 Å². The third kappa shape index (κ3) is 3.03. The van der Waals surface area contributed by atoms with Gasteiger partial charge in [0.15, 0.2) is 6.61 Å². The summed E-state index contributed by atoms with van der Waals surface area (Å²) in [6.07, 6.45) is 1.86. The van der Waals surface area contributed by atoms with Crippen LogP contribution in [0.25, 0.3) is 0 Å². The normalized spacial score (nSPS) is 19.1. The van der Waals surface area contributed by atoms with Gasteiger partial charge in [0, 0.05) is 11.7 Å². The summed E-state index contributed by atoms with van der Waals surface area (Å²) in [6.45, 7) is -0.152. The van der Waals surface area contributed by atoms with Crippen LogP contribution in [-0.4, -0.2) is 29.4 Å². The molecule has 6 heteroatoms. The molecule has 25 heavy (non-hydrogen) atoms. The topological polar surface area (TPSA) is 84.7 Å². The molecule has 3 N–H and O–H groups in total. The Morgan fingerprint density at radius 3 is 2.56 bits per heavy atom. The number of nitrogens with two attached hydrogens (primary N) is 1. The predicted octanol–water partition coefficient (Wildman–Crippen LogP) is 2.28. The first kappa shape index (κ1) is 15.5. The van der Waals surface area contributed by atoms with E-state index in [4.69, 9.17) is 10.5 Å². The number of para-hydroxylation sites is 1. The van der Waals surface area contributed by atoms with E-state index in [-0.39, 0.29) is 24.7 Å². The van der Waals surface area contributed by atoms with Crippen LogP contribution in [0.2, 0.25) is 0 Å². The maximum absolute atomic E-state index is 12.9. The Kier molecular flexibility index (Phi) is 3.80. The Hall–Kier alpha value is -3.02. The highest BCUT2D eigenvalue weighted by atomic mass is 16.5. The number of fused-ring (bicyclic) bond motifs is 1. The summed E-state index contributed by atoms with van der Waals surface area (Å²) in [6, 6.07) is 15.3. The largest absolute Gasteiger partial charge is 0.484 e. The van der Waals surface area contributed by atoms with E-state index in [2.05, 4.69) is 5.32 Å². The molecule has 1 fully saturated rings. The van der Waals surface area contributed by atoms with E-state index in [1.165, 1.54) is 0 Å². The van der Waals surface area contributed by atoms with Gasteiger partial charge < -0.3 is 20.7 Å². The van der Waals surface area contributed by atoms with Crippen LogP contribution in [0.4, 0.5) is 5.69 Å². The van der Waals surface area contributed by atoms with Crippen LogP contribution >= 0.6 is 0 Å². The van der Waals surface area contributed by atoms with Gasteiger partial charge in [0.05, 0.1) is 5.56 Å². The standard InChI is InChI=1S/C19H19N3O3/c20-17(23)11-25-14-9-5-12(6-10-14)18-21-16-4-2-1-3-15(16)19(24)22(18)13-7-8-13/h1-6,9-10,13,18,21H,7-8,11H2,(H2,20,23)/t18-/m1/s1. The first-order chi connectivity index (χ1) is 12.1. The fourth-order valence-electron chi connectivity index (χ4n) is 3.14. The van der Waals surface area contributed by atoms with Crippen molar-refractivity contribution in [3.63, 3.8) is 0 Å². The number of ether oxygens (including phenoxy) is 1. The first-order valence-corrected chi connectivity index (χ1v) is 8.33. The van der Waals surface area contributed by atoms with Gasteiger partial charge >= 0.3 is 0 Å². The predicted molar refractivity (Wildman–Crippen MR) is 93.1 cm³/mol. The lowest BCUT2D eigenvalue weighted by atomic mass is 10.0. The molecule has 0 unspecified atom stereocenters. The Balaban J connectivity index is 1.62. The zero-order valence-electron chi connectivity index (χ0n) is 13.6. The number of nitrogens with zero attached hydrogens (tertiary/aromatic N) is 1. The van der Waals surface area contributed by atoms with Crippen molar-refractivity contribution in [3.8, 4) is 5.75 Å². The van der Waals surface area contributed by atoms with Crippen LogP contribution in [-0.2, 0) is 4.79 Å². The molecule has 1 aliphatic heterocycles. The zero-order valence-corrected chi connectivity index (χ0v) is 13.6. The van der Waals surface area contributed by atoms with Gasteiger partial charge in [-0.3, -0.25) is 9.59 Å². The molecule has 1 saturated carbocycles. The molecule has 0 radical (unpaired) electrons. The van der Waals surface area contributed by atoms with Gasteiger partial charge in [0.25, 0.3) is 11.8 Å². The summed E-state index contributed by atoms with van der Waals surface area (Å²) in [5.74, 6) is 0.124. The van der Waals surface area contributed by atoms with E-state index in [1.54, 1.807) is 12.1 Å². The number of hydrogen-bond donors (Lipinski definition) is 2.